The first-order valence-corrected chi connectivity index (χ1v) is 4.74. The fourth-order valence-corrected chi connectivity index (χ4v) is 1.73. The van der Waals surface area contributed by atoms with Gasteiger partial charge in [0.15, 0.2) is 5.13 Å². The van der Waals surface area contributed by atoms with E-state index < -0.39 is 0 Å². The summed E-state index contributed by atoms with van der Waals surface area (Å²) in [4.78, 5) is 4.34. The van der Waals surface area contributed by atoms with Gasteiger partial charge in [-0.1, -0.05) is 5.16 Å². The van der Waals surface area contributed by atoms with Crippen LogP contribution in [0.1, 0.15) is 5.76 Å². The molecule has 13 heavy (non-hydrogen) atoms. The highest BCUT2D eigenvalue weighted by atomic mass is 32.1. The molecule has 0 aliphatic carbocycles. The predicted molar refractivity (Wildman–Crippen MR) is 51.9 cm³/mol. The molecule has 0 aromatic carbocycles. The molecule has 0 saturated carbocycles. The van der Waals surface area contributed by atoms with Crippen LogP contribution < -0.4 is 5.32 Å². The minimum absolute atomic E-state index is 0.799. The number of rotatable bonds is 2. The Hall–Kier alpha value is -1.36. The van der Waals surface area contributed by atoms with Crippen LogP contribution in [0.3, 0.4) is 0 Å². The van der Waals surface area contributed by atoms with Crippen LogP contribution in [0.25, 0.3) is 11.3 Å². The number of hydrogen-bond donors (Lipinski definition) is 1. The minimum atomic E-state index is 0.799. The fraction of sp³-hybridized carbons (Fsp3) is 0.250. The Morgan fingerprint density at radius 3 is 2.92 bits per heavy atom. The molecule has 1 N–H and O–H groups in total. The topological polar surface area (TPSA) is 51.0 Å². The molecule has 4 nitrogen and oxygen atoms in total. The third-order valence-electron chi connectivity index (χ3n) is 1.74. The van der Waals surface area contributed by atoms with Crippen molar-refractivity contribution in [2.45, 2.75) is 6.92 Å². The molecular formula is C8H9N3OS. The summed E-state index contributed by atoms with van der Waals surface area (Å²) in [7, 11) is 1.85. The summed E-state index contributed by atoms with van der Waals surface area (Å²) < 4.78 is 4.96. The van der Waals surface area contributed by atoms with E-state index in [9.17, 15) is 0 Å². The Morgan fingerprint density at radius 2 is 2.38 bits per heavy atom. The number of nitrogens with one attached hydrogen (secondary N) is 1. The maximum absolute atomic E-state index is 4.96. The van der Waals surface area contributed by atoms with E-state index in [4.69, 9.17) is 4.52 Å². The van der Waals surface area contributed by atoms with Crippen LogP contribution in [0.2, 0.25) is 0 Å². The maximum Gasteiger partial charge on any atom is 0.182 e. The van der Waals surface area contributed by atoms with Crippen LogP contribution in [-0.2, 0) is 0 Å². The molecule has 0 amide bonds. The summed E-state index contributed by atoms with van der Waals surface area (Å²) in [6.07, 6.45) is 1.68. The lowest BCUT2D eigenvalue weighted by molar-refractivity contribution is 0.398. The molecule has 0 bridgehead atoms. The average Bonchev–Trinajstić information content (AvgIpc) is 2.71. The van der Waals surface area contributed by atoms with Gasteiger partial charge in [0.05, 0.1) is 17.5 Å². The van der Waals surface area contributed by atoms with E-state index in [1.165, 1.54) is 0 Å². The first-order valence-electron chi connectivity index (χ1n) is 3.86. The average molecular weight is 195 g/mol. The van der Waals surface area contributed by atoms with E-state index in [0.717, 1.165) is 22.1 Å². The Morgan fingerprint density at radius 1 is 1.54 bits per heavy atom. The van der Waals surface area contributed by atoms with E-state index >= 15 is 0 Å². The first kappa shape index (κ1) is 8.25. The molecule has 68 valence electrons. The van der Waals surface area contributed by atoms with Crippen molar-refractivity contribution in [1.29, 1.82) is 0 Å². The highest BCUT2D eigenvalue weighted by Crippen LogP contribution is 2.26. The molecule has 2 rings (SSSR count). The van der Waals surface area contributed by atoms with Crippen molar-refractivity contribution in [1.82, 2.24) is 10.1 Å². The van der Waals surface area contributed by atoms with Crippen molar-refractivity contribution in [3.8, 4) is 11.3 Å². The summed E-state index contributed by atoms with van der Waals surface area (Å²) in [5, 5.41) is 9.56. The van der Waals surface area contributed by atoms with Gasteiger partial charge < -0.3 is 9.84 Å². The number of nitrogens with zero attached hydrogens (tertiary/aromatic N) is 2. The summed E-state index contributed by atoms with van der Waals surface area (Å²) in [5.74, 6) is 0.799. The molecule has 0 spiro atoms. The number of aryl methyl sites for hydroxylation is 1. The normalized spacial score (nSPS) is 10.3. The lowest BCUT2D eigenvalue weighted by Crippen LogP contribution is -1.85. The van der Waals surface area contributed by atoms with Gasteiger partial charge in [0.1, 0.15) is 5.76 Å². The van der Waals surface area contributed by atoms with Crippen LogP contribution in [-0.4, -0.2) is 17.2 Å². The molecule has 0 unspecified atom stereocenters. The van der Waals surface area contributed by atoms with Gasteiger partial charge in [0.2, 0.25) is 0 Å². The minimum Gasteiger partial charge on any atom is -0.365 e. The maximum atomic E-state index is 4.96. The Bertz CT molecular complexity index is 407. The summed E-state index contributed by atoms with van der Waals surface area (Å²) in [5.41, 5.74) is 1.87. The molecule has 5 heteroatoms. The van der Waals surface area contributed by atoms with E-state index in [1.807, 2.05) is 19.4 Å². The molecule has 0 aliphatic rings. The lowest BCUT2D eigenvalue weighted by atomic mass is 10.2. The van der Waals surface area contributed by atoms with Crippen molar-refractivity contribution in [2.75, 3.05) is 12.4 Å². The van der Waals surface area contributed by atoms with Crippen molar-refractivity contribution >= 4 is 16.5 Å². The second-order valence-electron chi connectivity index (χ2n) is 2.58. The summed E-state index contributed by atoms with van der Waals surface area (Å²) in [6.45, 7) is 1.88. The molecule has 0 saturated heterocycles. The van der Waals surface area contributed by atoms with Crippen LogP contribution >= 0.6 is 11.3 Å². The van der Waals surface area contributed by atoms with Crippen LogP contribution in [0.4, 0.5) is 5.13 Å². The van der Waals surface area contributed by atoms with E-state index in [0.29, 0.717) is 0 Å². The molecule has 0 atom stereocenters. The first-order chi connectivity index (χ1) is 6.31. The zero-order valence-corrected chi connectivity index (χ0v) is 8.18. The Balaban J connectivity index is 2.41. The summed E-state index contributed by atoms with van der Waals surface area (Å²) >= 11 is 1.56. The van der Waals surface area contributed by atoms with Crippen molar-refractivity contribution in [3.63, 3.8) is 0 Å². The Kier molecular flexibility index (Phi) is 2.02. The molecule has 2 aromatic heterocycles. The summed E-state index contributed by atoms with van der Waals surface area (Å²) in [6, 6.07) is 0. The largest absolute Gasteiger partial charge is 0.365 e. The van der Waals surface area contributed by atoms with E-state index in [1.54, 1.807) is 17.5 Å². The molecule has 2 heterocycles. The van der Waals surface area contributed by atoms with Crippen LogP contribution in [0.15, 0.2) is 16.1 Å². The SMILES string of the molecule is CNc1nc(-c2cnoc2C)cs1. The van der Waals surface area contributed by atoms with Gasteiger partial charge in [0, 0.05) is 12.4 Å². The lowest BCUT2D eigenvalue weighted by Gasteiger charge is -1.90. The van der Waals surface area contributed by atoms with Crippen LogP contribution in [0.5, 0.6) is 0 Å². The zero-order chi connectivity index (χ0) is 9.26. The van der Waals surface area contributed by atoms with Crippen LogP contribution in [0, 0.1) is 6.92 Å². The standard InChI is InChI=1S/C8H9N3OS/c1-5-6(3-10-12-5)7-4-13-8(9-2)11-7/h3-4H,1-2H3,(H,9,11). The van der Waals surface area contributed by atoms with Gasteiger partial charge in [-0.05, 0) is 6.92 Å². The number of hydrogen-bond acceptors (Lipinski definition) is 5. The molecular weight excluding hydrogens is 186 g/mol. The monoisotopic (exact) mass is 195 g/mol. The van der Waals surface area contributed by atoms with Gasteiger partial charge in [-0.3, -0.25) is 0 Å². The highest BCUT2D eigenvalue weighted by molar-refractivity contribution is 7.14. The Labute approximate surface area is 79.6 Å². The predicted octanol–water partition coefficient (Wildman–Crippen LogP) is 2.15. The number of aromatic nitrogens is 2. The highest BCUT2D eigenvalue weighted by Gasteiger charge is 2.09. The van der Waals surface area contributed by atoms with Gasteiger partial charge in [0.25, 0.3) is 0 Å². The third-order valence-corrected chi connectivity index (χ3v) is 2.60. The van der Waals surface area contributed by atoms with Gasteiger partial charge >= 0.3 is 0 Å². The quantitative estimate of drug-likeness (QED) is 0.797. The molecule has 0 aliphatic heterocycles. The smallest absolute Gasteiger partial charge is 0.182 e. The van der Waals surface area contributed by atoms with Gasteiger partial charge in [-0.15, -0.1) is 11.3 Å². The van der Waals surface area contributed by atoms with Gasteiger partial charge in [-0.25, -0.2) is 4.98 Å². The molecule has 2 aromatic rings. The van der Waals surface area contributed by atoms with Crippen molar-refractivity contribution in [2.24, 2.45) is 0 Å². The fourth-order valence-electron chi connectivity index (χ4n) is 1.06. The van der Waals surface area contributed by atoms with E-state index in [-0.39, 0.29) is 0 Å². The van der Waals surface area contributed by atoms with Gasteiger partial charge in [-0.2, -0.15) is 0 Å². The van der Waals surface area contributed by atoms with Crippen molar-refractivity contribution < 1.29 is 4.52 Å². The number of thiazole rings is 1. The number of anilines is 1. The second kappa shape index (κ2) is 3.18. The third kappa shape index (κ3) is 1.42. The molecule has 0 fully saturated rings. The van der Waals surface area contributed by atoms with Crippen molar-refractivity contribution in [3.05, 3.63) is 17.3 Å². The molecule has 0 radical (unpaired) electrons. The van der Waals surface area contributed by atoms with E-state index in [2.05, 4.69) is 15.5 Å². The zero-order valence-electron chi connectivity index (χ0n) is 7.37. The second-order valence-corrected chi connectivity index (χ2v) is 3.44.